The zero-order valence-corrected chi connectivity index (χ0v) is 55.1. The highest BCUT2D eigenvalue weighted by Gasteiger charge is 2.16. The first-order valence-corrected chi connectivity index (χ1v) is 35.7. The van der Waals surface area contributed by atoms with Crippen LogP contribution >= 0.6 is 0 Å². The molecule has 0 rings (SSSR count). The Labute approximate surface area is 521 Å². The van der Waals surface area contributed by atoms with E-state index >= 15 is 0 Å². The van der Waals surface area contributed by atoms with Gasteiger partial charge in [-0.25, -0.2) is 0 Å². The number of aliphatic hydroxyl groups is 1. The largest absolute Gasteiger partial charge is 0.462 e. The van der Waals surface area contributed by atoms with Gasteiger partial charge >= 0.3 is 11.9 Å². The van der Waals surface area contributed by atoms with Crippen molar-refractivity contribution in [3.05, 3.63) is 134 Å². The molecule has 1 atom stereocenters. The molecule has 0 heterocycles. The average molecular weight is 1160 g/mol. The summed E-state index contributed by atoms with van der Waals surface area (Å²) in [5.41, 5.74) is 0. The number of allylic oxidation sites excluding steroid dienone is 22. The molecule has 0 spiro atoms. The van der Waals surface area contributed by atoms with E-state index in [9.17, 15) is 14.7 Å². The minimum absolute atomic E-state index is 0.0705. The average Bonchev–Trinajstić information content (AvgIpc) is 3.51. The van der Waals surface area contributed by atoms with Crippen LogP contribution < -0.4 is 0 Å². The standard InChI is InChI=1S/C79H134O5/c1-3-5-7-9-11-13-15-17-19-21-23-25-27-29-31-33-34-35-36-37-38-39-40-41-42-43-44-46-48-50-52-54-56-58-60-62-64-66-68-70-72-74-79(82)84-77(75-80)76-83-78(81)73-71-69-67-65-63-61-59-57-55-53-51-49-47-45-32-30-28-26-24-22-20-18-16-14-12-10-8-6-4-2/h5,7,11,13,17,19,22-25,29,31,34-35,37-38,40-41,43-44,48,50,77,80H,3-4,6,8-10,12,14-16,18,20-21,26-28,30,32-33,36,39,42,45-47,49,51-76H2,1-2H3/b7-5-,13-11-,19-17-,24-22-,25-23-,31-29-,35-34-,38-37-,41-40-,44-43-,50-48-. The summed E-state index contributed by atoms with van der Waals surface area (Å²) in [5.74, 6) is -0.589. The summed E-state index contributed by atoms with van der Waals surface area (Å²) in [5, 5.41) is 9.71. The van der Waals surface area contributed by atoms with Crippen LogP contribution in [0.1, 0.15) is 335 Å². The third-order valence-corrected chi connectivity index (χ3v) is 15.4. The lowest BCUT2D eigenvalue weighted by Gasteiger charge is -2.15. The normalized spacial score (nSPS) is 13.0. The fourth-order valence-corrected chi connectivity index (χ4v) is 10.1. The minimum atomic E-state index is -0.783. The van der Waals surface area contributed by atoms with Crippen LogP contribution in [-0.4, -0.2) is 36.4 Å². The zero-order chi connectivity index (χ0) is 60.5. The van der Waals surface area contributed by atoms with Gasteiger partial charge < -0.3 is 14.6 Å². The van der Waals surface area contributed by atoms with Crippen LogP contribution in [0.5, 0.6) is 0 Å². The summed E-state index contributed by atoms with van der Waals surface area (Å²) in [4.78, 5) is 24.7. The molecule has 0 saturated carbocycles. The van der Waals surface area contributed by atoms with Crippen LogP contribution in [0.4, 0.5) is 0 Å². The first-order chi connectivity index (χ1) is 41.6. The highest BCUT2D eigenvalue weighted by molar-refractivity contribution is 5.70. The summed E-state index contributed by atoms with van der Waals surface area (Å²) in [6.07, 6.45) is 109. The highest BCUT2D eigenvalue weighted by Crippen LogP contribution is 2.17. The lowest BCUT2D eigenvalue weighted by Crippen LogP contribution is -2.28. The minimum Gasteiger partial charge on any atom is -0.462 e. The van der Waals surface area contributed by atoms with Gasteiger partial charge in [0, 0.05) is 12.8 Å². The molecule has 0 aliphatic heterocycles. The van der Waals surface area contributed by atoms with Crippen molar-refractivity contribution in [2.24, 2.45) is 0 Å². The molecular weight excluding hydrogens is 1030 g/mol. The van der Waals surface area contributed by atoms with Gasteiger partial charge in [-0.1, -0.05) is 340 Å². The Bertz CT molecular complexity index is 1700. The number of esters is 2. The van der Waals surface area contributed by atoms with E-state index in [1.807, 2.05) is 0 Å². The van der Waals surface area contributed by atoms with E-state index in [-0.39, 0.29) is 25.2 Å². The first kappa shape index (κ1) is 80.0. The Morgan fingerprint density at radius 1 is 0.286 bits per heavy atom. The molecule has 0 aromatic rings. The maximum Gasteiger partial charge on any atom is 0.306 e. The monoisotopic (exact) mass is 1160 g/mol. The number of hydrogen-bond donors (Lipinski definition) is 1. The van der Waals surface area contributed by atoms with Crippen LogP contribution in [0, 0.1) is 0 Å². The quantitative estimate of drug-likeness (QED) is 0.0373. The SMILES string of the molecule is CC/C=C\C/C=C\C/C=C\C/C=C\C/C=C\C/C=C\C/C=C\C/C=C\C/C=C\C/C=C\CCCCCCCCCCCCC(=O)OC(CO)COC(=O)CCCCCCCCCCCCCCCCCCC/C=C\CCCCCCCCCC. The van der Waals surface area contributed by atoms with Gasteiger partial charge in [-0.05, 0) is 116 Å². The summed E-state index contributed by atoms with van der Waals surface area (Å²) in [7, 11) is 0. The second-order valence-corrected chi connectivity index (χ2v) is 23.6. The van der Waals surface area contributed by atoms with E-state index in [2.05, 4.69) is 148 Å². The summed E-state index contributed by atoms with van der Waals surface area (Å²) < 4.78 is 10.8. The fraction of sp³-hybridized carbons (Fsp3) is 0.696. The van der Waals surface area contributed by atoms with Gasteiger partial charge in [0.1, 0.15) is 6.61 Å². The van der Waals surface area contributed by atoms with E-state index in [4.69, 9.17) is 9.47 Å². The van der Waals surface area contributed by atoms with Crippen LogP contribution in [-0.2, 0) is 19.1 Å². The first-order valence-electron chi connectivity index (χ1n) is 35.7. The summed E-state index contributed by atoms with van der Waals surface area (Å²) >= 11 is 0. The topological polar surface area (TPSA) is 72.8 Å². The number of unbranched alkanes of at least 4 members (excludes halogenated alkanes) is 35. The lowest BCUT2D eigenvalue weighted by molar-refractivity contribution is -0.161. The van der Waals surface area contributed by atoms with Crippen LogP contribution in [0.25, 0.3) is 0 Å². The molecular formula is C79H134O5. The van der Waals surface area contributed by atoms with Gasteiger partial charge in [0.2, 0.25) is 0 Å². The number of rotatable bonds is 65. The Morgan fingerprint density at radius 2 is 0.512 bits per heavy atom. The maximum absolute atomic E-state index is 12.4. The van der Waals surface area contributed by atoms with Crippen LogP contribution in [0.15, 0.2) is 134 Å². The smallest absolute Gasteiger partial charge is 0.306 e. The van der Waals surface area contributed by atoms with E-state index in [0.29, 0.717) is 12.8 Å². The molecule has 1 N–H and O–H groups in total. The number of ether oxygens (including phenoxy) is 2. The molecule has 0 aliphatic rings. The Morgan fingerprint density at radius 3 is 0.786 bits per heavy atom. The Kier molecular flexibility index (Phi) is 69.8. The summed E-state index contributed by atoms with van der Waals surface area (Å²) in [6.45, 7) is 4.05. The molecule has 84 heavy (non-hydrogen) atoms. The van der Waals surface area contributed by atoms with Crippen molar-refractivity contribution in [2.75, 3.05) is 13.2 Å². The molecule has 0 aromatic carbocycles. The van der Waals surface area contributed by atoms with E-state index < -0.39 is 6.10 Å². The predicted octanol–water partition coefficient (Wildman–Crippen LogP) is 25.1. The van der Waals surface area contributed by atoms with E-state index in [0.717, 1.165) is 103 Å². The Hall–Kier alpha value is -3.96. The third kappa shape index (κ3) is 70.5. The highest BCUT2D eigenvalue weighted by atomic mass is 16.6. The van der Waals surface area contributed by atoms with Crippen molar-refractivity contribution < 1.29 is 24.2 Å². The van der Waals surface area contributed by atoms with Gasteiger partial charge in [0.15, 0.2) is 6.10 Å². The molecule has 480 valence electrons. The molecule has 0 saturated heterocycles. The molecule has 0 amide bonds. The Balaban J connectivity index is 3.52. The number of carbonyl (C=O) groups is 2. The third-order valence-electron chi connectivity index (χ3n) is 15.4. The lowest BCUT2D eigenvalue weighted by atomic mass is 10.0. The van der Waals surface area contributed by atoms with Gasteiger partial charge in [-0.3, -0.25) is 9.59 Å². The van der Waals surface area contributed by atoms with Crippen LogP contribution in [0.3, 0.4) is 0 Å². The van der Waals surface area contributed by atoms with Crippen molar-refractivity contribution in [3.8, 4) is 0 Å². The number of carbonyl (C=O) groups excluding carboxylic acids is 2. The molecule has 0 aliphatic carbocycles. The molecule has 5 heteroatoms. The number of hydrogen-bond acceptors (Lipinski definition) is 5. The fourth-order valence-electron chi connectivity index (χ4n) is 10.1. The van der Waals surface area contributed by atoms with Crippen LogP contribution in [0.2, 0.25) is 0 Å². The molecule has 0 bridgehead atoms. The van der Waals surface area contributed by atoms with Gasteiger partial charge in [0.25, 0.3) is 0 Å². The van der Waals surface area contributed by atoms with Crippen molar-refractivity contribution >= 4 is 11.9 Å². The van der Waals surface area contributed by atoms with E-state index in [1.54, 1.807) is 0 Å². The van der Waals surface area contributed by atoms with Crippen molar-refractivity contribution in [1.82, 2.24) is 0 Å². The number of aliphatic hydroxyl groups excluding tert-OH is 1. The zero-order valence-electron chi connectivity index (χ0n) is 55.1. The van der Waals surface area contributed by atoms with Crippen molar-refractivity contribution in [2.45, 2.75) is 341 Å². The second-order valence-electron chi connectivity index (χ2n) is 23.6. The molecule has 5 nitrogen and oxygen atoms in total. The summed E-state index contributed by atoms with van der Waals surface area (Å²) in [6, 6.07) is 0. The molecule has 0 aromatic heterocycles. The van der Waals surface area contributed by atoms with Gasteiger partial charge in [-0.2, -0.15) is 0 Å². The maximum atomic E-state index is 12.4. The molecule has 1 unspecified atom stereocenters. The van der Waals surface area contributed by atoms with E-state index in [1.165, 1.54) is 205 Å². The van der Waals surface area contributed by atoms with Crippen molar-refractivity contribution in [1.29, 1.82) is 0 Å². The second kappa shape index (κ2) is 73.3. The molecule has 0 fully saturated rings. The van der Waals surface area contributed by atoms with Gasteiger partial charge in [-0.15, -0.1) is 0 Å². The predicted molar refractivity (Wildman–Crippen MR) is 371 cm³/mol. The van der Waals surface area contributed by atoms with Crippen molar-refractivity contribution in [3.63, 3.8) is 0 Å². The molecule has 0 radical (unpaired) electrons. The van der Waals surface area contributed by atoms with Gasteiger partial charge in [0.05, 0.1) is 6.61 Å².